The van der Waals surface area contributed by atoms with Gasteiger partial charge < -0.3 is 20.1 Å². The van der Waals surface area contributed by atoms with Gasteiger partial charge in [-0.3, -0.25) is 4.79 Å². The van der Waals surface area contributed by atoms with Crippen LogP contribution in [0.25, 0.3) is 0 Å². The molecule has 2 amide bonds. The molecular formula is C22H21N3O5. The molecule has 2 aromatic carbocycles. The number of nitriles is 1. The Balaban J connectivity index is 2.03. The Morgan fingerprint density at radius 1 is 1.20 bits per heavy atom. The molecule has 0 saturated carbocycles. The van der Waals surface area contributed by atoms with Gasteiger partial charge >= 0.3 is 18.0 Å². The fourth-order valence-corrected chi connectivity index (χ4v) is 3.79. The number of carboxylic acid groups (broad SMARTS) is 1. The third-order valence-electron chi connectivity index (χ3n) is 5.17. The second-order valence-electron chi connectivity index (χ2n) is 7.10. The highest BCUT2D eigenvalue weighted by Crippen LogP contribution is 2.42. The number of nitrogens with one attached hydrogen (secondary N) is 1. The molecule has 3 unspecified atom stereocenters. The highest BCUT2D eigenvalue weighted by Gasteiger charge is 2.51. The minimum absolute atomic E-state index is 0.0755. The van der Waals surface area contributed by atoms with Crippen molar-refractivity contribution >= 4 is 23.7 Å². The van der Waals surface area contributed by atoms with Gasteiger partial charge in [-0.25, -0.2) is 9.59 Å². The summed E-state index contributed by atoms with van der Waals surface area (Å²) in [5.74, 6) is -2.66. The van der Waals surface area contributed by atoms with Crippen LogP contribution in [0.2, 0.25) is 0 Å². The number of carbonyl (C=O) groups excluding carboxylic acids is 2. The van der Waals surface area contributed by atoms with E-state index in [1.165, 1.54) is 12.0 Å². The van der Waals surface area contributed by atoms with E-state index in [0.717, 1.165) is 5.56 Å². The van der Waals surface area contributed by atoms with Crippen molar-refractivity contribution in [1.82, 2.24) is 4.90 Å². The molecule has 3 atom stereocenters. The maximum atomic E-state index is 13.2. The van der Waals surface area contributed by atoms with Crippen LogP contribution in [0.15, 0.2) is 48.5 Å². The standard InChI is InChI=1S/C22H21N3O5/c1-13-4-3-5-16(10-13)24-22(29)25-18(20(26)27)11-17(21(28)30-2)19(25)15-8-6-14(12-23)7-9-15/h3-10,17-19H,11H2,1-2H3,(H,24,29)(H,26,27). The molecule has 1 fully saturated rings. The van der Waals surface area contributed by atoms with Crippen molar-refractivity contribution in [2.24, 2.45) is 5.92 Å². The van der Waals surface area contributed by atoms with Crippen LogP contribution in [0.3, 0.4) is 0 Å². The Bertz CT molecular complexity index is 1010. The fourth-order valence-electron chi connectivity index (χ4n) is 3.79. The van der Waals surface area contributed by atoms with Crippen molar-refractivity contribution in [3.8, 4) is 6.07 Å². The molecule has 1 aliphatic heterocycles. The summed E-state index contributed by atoms with van der Waals surface area (Å²) in [5.41, 5.74) is 2.41. The van der Waals surface area contributed by atoms with Gasteiger partial charge in [0.05, 0.1) is 30.7 Å². The zero-order valence-electron chi connectivity index (χ0n) is 16.5. The molecular weight excluding hydrogens is 386 g/mol. The van der Waals surface area contributed by atoms with Gasteiger partial charge in [0.1, 0.15) is 6.04 Å². The number of hydrogen-bond acceptors (Lipinski definition) is 5. The first-order valence-electron chi connectivity index (χ1n) is 9.32. The third kappa shape index (κ3) is 4.10. The molecule has 30 heavy (non-hydrogen) atoms. The Morgan fingerprint density at radius 2 is 1.90 bits per heavy atom. The zero-order valence-corrected chi connectivity index (χ0v) is 16.5. The summed E-state index contributed by atoms with van der Waals surface area (Å²) in [4.78, 5) is 38.7. The van der Waals surface area contributed by atoms with Gasteiger partial charge in [-0.15, -0.1) is 0 Å². The topological polar surface area (TPSA) is 120 Å². The van der Waals surface area contributed by atoms with E-state index >= 15 is 0 Å². The Morgan fingerprint density at radius 3 is 2.47 bits per heavy atom. The number of carboxylic acids is 1. The van der Waals surface area contributed by atoms with Gasteiger partial charge in [-0.1, -0.05) is 24.3 Å². The number of benzene rings is 2. The summed E-state index contributed by atoms with van der Waals surface area (Å²) in [5, 5.41) is 21.5. The van der Waals surface area contributed by atoms with E-state index < -0.39 is 36.0 Å². The molecule has 154 valence electrons. The van der Waals surface area contributed by atoms with E-state index in [2.05, 4.69) is 5.32 Å². The van der Waals surface area contributed by atoms with Crippen LogP contribution in [-0.4, -0.2) is 41.1 Å². The number of esters is 1. The first kappa shape index (κ1) is 20.9. The minimum atomic E-state index is -1.21. The first-order chi connectivity index (χ1) is 14.3. The average molecular weight is 407 g/mol. The van der Waals surface area contributed by atoms with Crippen LogP contribution < -0.4 is 5.32 Å². The molecule has 0 aliphatic carbocycles. The summed E-state index contributed by atoms with van der Waals surface area (Å²) >= 11 is 0. The van der Waals surface area contributed by atoms with Crippen LogP contribution in [-0.2, 0) is 14.3 Å². The SMILES string of the molecule is COC(=O)C1CC(C(=O)O)N(C(=O)Nc2cccc(C)c2)C1c1ccc(C#N)cc1. The molecule has 1 aliphatic rings. The highest BCUT2D eigenvalue weighted by atomic mass is 16.5. The largest absolute Gasteiger partial charge is 0.480 e. The number of amides is 2. The molecule has 8 nitrogen and oxygen atoms in total. The summed E-state index contributed by atoms with van der Waals surface area (Å²) in [6, 6.07) is 12.8. The summed E-state index contributed by atoms with van der Waals surface area (Å²) < 4.78 is 4.88. The maximum absolute atomic E-state index is 13.2. The number of methoxy groups -OCH3 is 1. The molecule has 8 heteroatoms. The number of nitrogens with zero attached hydrogens (tertiary/aromatic N) is 2. The van der Waals surface area contributed by atoms with Crippen molar-refractivity contribution in [2.45, 2.75) is 25.4 Å². The smallest absolute Gasteiger partial charge is 0.326 e. The van der Waals surface area contributed by atoms with Gasteiger partial charge in [0.15, 0.2) is 0 Å². The van der Waals surface area contributed by atoms with Gasteiger partial charge in [0, 0.05) is 5.69 Å². The van der Waals surface area contributed by atoms with Gasteiger partial charge in [0.25, 0.3) is 0 Å². The van der Waals surface area contributed by atoms with E-state index in [1.807, 2.05) is 19.1 Å². The first-order valence-corrected chi connectivity index (χ1v) is 9.32. The van der Waals surface area contributed by atoms with Gasteiger partial charge in [-0.05, 0) is 48.7 Å². The normalized spacial score (nSPS) is 20.3. The summed E-state index contributed by atoms with van der Waals surface area (Å²) in [6.07, 6.45) is -0.0755. The second kappa shape index (κ2) is 8.66. The molecule has 2 aromatic rings. The van der Waals surface area contributed by atoms with E-state index in [1.54, 1.807) is 42.5 Å². The number of ether oxygens (including phenoxy) is 1. The Kier molecular flexibility index (Phi) is 6.02. The lowest BCUT2D eigenvalue weighted by molar-refractivity contribution is -0.146. The quantitative estimate of drug-likeness (QED) is 0.752. The monoisotopic (exact) mass is 407 g/mol. The lowest BCUT2D eigenvalue weighted by atomic mass is 9.92. The zero-order chi connectivity index (χ0) is 21.8. The van der Waals surface area contributed by atoms with E-state index in [9.17, 15) is 19.5 Å². The number of anilines is 1. The Hall–Kier alpha value is -3.86. The number of urea groups is 1. The number of aliphatic carboxylic acids is 1. The predicted molar refractivity (Wildman–Crippen MR) is 107 cm³/mol. The average Bonchev–Trinajstić information content (AvgIpc) is 3.14. The van der Waals surface area contributed by atoms with Crippen molar-refractivity contribution in [3.05, 3.63) is 65.2 Å². The van der Waals surface area contributed by atoms with Gasteiger partial charge in [-0.2, -0.15) is 5.26 Å². The molecule has 1 heterocycles. The molecule has 0 bridgehead atoms. The van der Waals surface area contributed by atoms with Crippen molar-refractivity contribution in [2.75, 3.05) is 12.4 Å². The van der Waals surface area contributed by atoms with Crippen molar-refractivity contribution < 1.29 is 24.2 Å². The van der Waals surface area contributed by atoms with E-state index in [4.69, 9.17) is 10.00 Å². The number of aryl methyl sites for hydroxylation is 1. The lowest BCUT2D eigenvalue weighted by Gasteiger charge is -2.30. The Labute approximate surface area is 173 Å². The molecule has 3 rings (SSSR count). The predicted octanol–water partition coefficient (Wildman–Crippen LogP) is 3.09. The highest BCUT2D eigenvalue weighted by molar-refractivity contribution is 5.94. The van der Waals surface area contributed by atoms with Crippen LogP contribution in [0, 0.1) is 24.2 Å². The van der Waals surface area contributed by atoms with Crippen LogP contribution in [0.4, 0.5) is 10.5 Å². The van der Waals surface area contributed by atoms with Crippen LogP contribution in [0.5, 0.6) is 0 Å². The van der Waals surface area contributed by atoms with Gasteiger partial charge in [0.2, 0.25) is 0 Å². The van der Waals surface area contributed by atoms with Crippen molar-refractivity contribution in [1.29, 1.82) is 5.26 Å². The summed E-state index contributed by atoms with van der Waals surface area (Å²) in [6.45, 7) is 1.87. The number of hydrogen-bond donors (Lipinski definition) is 2. The lowest BCUT2D eigenvalue weighted by Crippen LogP contribution is -2.44. The summed E-state index contributed by atoms with van der Waals surface area (Å²) in [7, 11) is 1.23. The second-order valence-corrected chi connectivity index (χ2v) is 7.10. The van der Waals surface area contributed by atoms with E-state index in [-0.39, 0.29) is 6.42 Å². The fraction of sp³-hybridized carbons (Fsp3) is 0.273. The molecule has 1 saturated heterocycles. The van der Waals surface area contributed by atoms with Crippen LogP contribution in [0.1, 0.15) is 29.2 Å². The molecule has 0 spiro atoms. The number of rotatable bonds is 4. The molecule has 0 radical (unpaired) electrons. The number of carbonyl (C=O) groups is 3. The molecule has 0 aromatic heterocycles. The maximum Gasteiger partial charge on any atom is 0.326 e. The molecule has 2 N–H and O–H groups in total. The van der Waals surface area contributed by atoms with E-state index in [0.29, 0.717) is 16.8 Å². The number of likely N-dealkylation sites (tertiary alicyclic amines) is 1. The van der Waals surface area contributed by atoms with Crippen LogP contribution >= 0.6 is 0 Å². The third-order valence-corrected chi connectivity index (χ3v) is 5.17. The minimum Gasteiger partial charge on any atom is -0.480 e. The van der Waals surface area contributed by atoms with Crippen molar-refractivity contribution in [3.63, 3.8) is 0 Å².